The van der Waals surface area contributed by atoms with E-state index in [1.807, 2.05) is 39.0 Å². The van der Waals surface area contributed by atoms with Gasteiger partial charge in [-0.15, -0.1) is 0 Å². The van der Waals surface area contributed by atoms with Crippen molar-refractivity contribution >= 4 is 40.6 Å². The average Bonchev–Trinajstić information content (AvgIpc) is 3.04. The number of likely N-dealkylation sites (N-methyl/N-ethyl adjacent to an activating group) is 1. The Hall–Kier alpha value is -3.26. The highest BCUT2D eigenvalue weighted by molar-refractivity contribution is 8.18. The lowest BCUT2D eigenvalue weighted by Gasteiger charge is -2.12. The van der Waals surface area contributed by atoms with Crippen LogP contribution in [0.25, 0.3) is 6.08 Å². The Kier molecular flexibility index (Phi) is 7.36. The first-order valence-corrected chi connectivity index (χ1v) is 10.8. The van der Waals surface area contributed by atoms with E-state index in [-0.39, 0.29) is 11.5 Å². The van der Waals surface area contributed by atoms with E-state index in [1.165, 1.54) is 23.9 Å². The number of carboxylic acids is 1. The van der Waals surface area contributed by atoms with Crippen LogP contribution >= 0.6 is 11.8 Å². The molecule has 0 atom stereocenters. The van der Waals surface area contributed by atoms with Crippen molar-refractivity contribution in [3.05, 3.63) is 58.5 Å². The lowest BCUT2D eigenvalue weighted by molar-refractivity contribution is -0.122. The molecule has 7 nitrogen and oxygen atoms in total. The van der Waals surface area contributed by atoms with Gasteiger partial charge in [0.1, 0.15) is 11.5 Å². The molecule has 0 spiro atoms. The van der Waals surface area contributed by atoms with Crippen LogP contribution in [-0.4, -0.2) is 46.8 Å². The van der Waals surface area contributed by atoms with Crippen molar-refractivity contribution in [1.29, 1.82) is 0 Å². The van der Waals surface area contributed by atoms with Crippen LogP contribution in [-0.2, 0) is 4.79 Å². The van der Waals surface area contributed by atoms with Crippen LogP contribution in [0.1, 0.15) is 36.7 Å². The van der Waals surface area contributed by atoms with Crippen molar-refractivity contribution in [1.82, 2.24) is 4.90 Å². The van der Waals surface area contributed by atoms with Crippen LogP contribution in [0, 0.1) is 0 Å². The molecule has 1 amide bonds. The Morgan fingerprint density at radius 3 is 2.42 bits per heavy atom. The van der Waals surface area contributed by atoms with E-state index in [9.17, 15) is 9.59 Å². The van der Waals surface area contributed by atoms with Gasteiger partial charge < -0.3 is 14.6 Å². The summed E-state index contributed by atoms with van der Waals surface area (Å²) in [6.07, 6.45) is 1.80. The number of amides is 1. The molecule has 2 aromatic carbocycles. The average molecular weight is 441 g/mol. The zero-order valence-corrected chi connectivity index (χ0v) is 18.4. The maximum absolute atomic E-state index is 12.9. The Balaban J connectivity index is 1.92. The monoisotopic (exact) mass is 440 g/mol. The molecule has 31 heavy (non-hydrogen) atoms. The lowest BCUT2D eigenvalue weighted by atomic mass is 10.1. The van der Waals surface area contributed by atoms with Gasteiger partial charge in [-0.05, 0) is 75.0 Å². The number of benzene rings is 2. The molecular formula is C23H24N2O5S. The molecule has 1 heterocycles. The summed E-state index contributed by atoms with van der Waals surface area (Å²) >= 11 is 1.28. The number of carboxylic acid groups (broad SMARTS) is 1. The Morgan fingerprint density at radius 1 is 1.10 bits per heavy atom. The predicted octanol–water partition coefficient (Wildman–Crippen LogP) is 4.81. The van der Waals surface area contributed by atoms with E-state index in [0.29, 0.717) is 47.0 Å². The van der Waals surface area contributed by atoms with E-state index in [4.69, 9.17) is 14.6 Å². The number of aromatic carboxylic acids is 1. The molecule has 0 radical (unpaired) electrons. The fourth-order valence-corrected chi connectivity index (χ4v) is 4.02. The minimum Gasteiger partial charge on any atom is -0.494 e. The number of aliphatic imine (C=N–C) groups is 1. The second kappa shape index (κ2) is 10.2. The molecule has 0 unspecified atom stereocenters. The molecule has 1 fully saturated rings. The molecule has 1 aliphatic heterocycles. The summed E-state index contributed by atoms with van der Waals surface area (Å²) in [5.41, 5.74) is 1.55. The molecule has 1 saturated heterocycles. The summed E-state index contributed by atoms with van der Waals surface area (Å²) in [5, 5.41) is 9.59. The van der Waals surface area contributed by atoms with Gasteiger partial charge in [-0.2, -0.15) is 0 Å². The molecule has 3 rings (SSSR count). The number of thioether (sulfide) groups is 1. The van der Waals surface area contributed by atoms with E-state index in [1.54, 1.807) is 23.1 Å². The summed E-state index contributed by atoms with van der Waals surface area (Å²) in [6.45, 7) is 7.22. The lowest BCUT2D eigenvalue weighted by Crippen LogP contribution is -2.28. The van der Waals surface area contributed by atoms with Gasteiger partial charge >= 0.3 is 5.97 Å². The predicted molar refractivity (Wildman–Crippen MR) is 122 cm³/mol. The fourth-order valence-electron chi connectivity index (χ4n) is 2.97. The van der Waals surface area contributed by atoms with Crippen LogP contribution < -0.4 is 9.47 Å². The summed E-state index contributed by atoms with van der Waals surface area (Å²) < 4.78 is 11.3. The molecule has 0 bridgehead atoms. The first-order chi connectivity index (χ1) is 15.0. The van der Waals surface area contributed by atoms with Crippen LogP contribution in [0.5, 0.6) is 11.5 Å². The van der Waals surface area contributed by atoms with Crippen molar-refractivity contribution < 1.29 is 24.2 Å². The number of ether oxygens (including phenoxy) is 2. The third kappa shape index (κ3) is 5.27. The maximum atomic E-state index is 12.9. The molecule has 1 N–H and O–H groups in total. The minimum atomic E-state index is -0.995. The van der Waals surface area contributed by atoms with Crippen molar-refractivity contribution in [2.24, 2.45) is 4.99 Å². The molecule has 0 aromatic heterocycles. The van der Waals surface area contributed by atoms with Crippen LogP contribution in [0.2, 0.25) is 0 Å². The van der Waals surface area contributed by atoms with Crippen molar-refractivity contribution in [3.8, 4) is 11.5 Å². The van der Waals surface area contributed by atoms with E-state index in [2.05, 4.69) is 4.99 Å². The van der Waals surface area contributed by atoms with Crippen molar-refractivity contribution in [3.63, 3.8) is 0 Å². The molecule has 0 saturated carbocycles. The maximum Gasteiger partial charge on any atom is 0.335 e. The zero-order valence-electron chi connectivity index (χ0n) is 17.6. The number of carbonyl (C=O) groups excluding carboxylic acids is 1. The highest BCUT2D eigenvalue weighted by Crippen LogP contribution is 2.36. The van der Waals surface area contributed by atoms with Crippen LogP contribution in [0.4, 0.5) is 5.69 Å². The van der Waals surface area contributed by atoms with Gasteiger partial charge in [-0.3, -0.25) is 9.69 Å². The molecule has 8 heteroatoms. The fraction of sp³-hybridized carbons (Fsp3) is 0.261. The Labute approximate surface area is 185 Å². The second-order valence-electron chi connectivity index (χ2n) is 6.47. The van der Waals surface area contributed by atoms with Gasteiger partial charge in [0.05, 0.1) is 29.4 Å². The Bertz CT molecular complexity index is 1030. The van der Waals surface area contributed by atoms with Crippen molar-refractivity contribution in [2.45, 2.75) is 20.8 Å². The van der Waals surface area contributed by atoms with Gasteiger partial charge in [-0.25, -0.2) is 9.79 Å². The smallest absolute Gasteiger partial charge is 0.335 e. The largest absolute Gasteiger partial charge is 0.494 e. The number of nitrogens with zero attached hydrogens (tertiary/aromatic N) is 2. The van der Waals surface area contributed by atoms with Crippen LogP contribution in [0.15, 0.2) is 52.4 Å². The minimum absolute atomic E-state index is 0.135. The number of hydrogen-bond acceptors (Lipinski definition) is 6. The van der Waals surface area contributed by atoms with E-state index < -0.39 is 5.97 Å². The Morgan fingerprint density at radius 2 is 1.81 bits per heavy atom. The van der Waals surface area contributed by atoms with Crippen LogP contribution in [0.3, 0.4) is 0 Å². The molecule has 162 valence electrons. The summed E-state index contributed by atoms with van der Waals surface area (Å²) in [6, 6.07) is 11.8. The highest BCUT2D eigenvalue weighted by atomic mass is 32.2. The number of hydrogen-bond donors (Lipinski definition) is 1. The summed E-state index contributed by atoms with van der Waals surface area (Å²) in [5.74, 6) is 0.225. The van der Waals surface area contributed by atoms with Crippen molar-refractivity contribution in [2.75, 3.05) is 19.8 Å². The third-order valence-corrected chi connectivity index (χ3v) is 5.43. The van der Waals surface area contributed by atoms with Gasteiger partial charge in [0.25, 0.3) is 5.91 Å². The SMILES string of the molecule is CCOc1ccc(/C=C2\SC(=Nc3ccc(C(=O)O)cc3)N(CC)C2=O)c(OCC)c1. The number of carbonyl (C=O) groups is 2. The molecule has 2 aromatic rings. The number of rotatable bonds is 8. The van der Waals surface area contributed by atoms with Gasteiger partial charge in [0, 0.05) is 18.2 Å². The van der Waals surface area contributed by atoms with Gasteiger partial charge in [-0.1, -0.05) is 0 Å². The molecule has 0 aliphatic carbocycles. The standard InChI is InChI=1S/C23H24N2O5S/c1-4-25-21(26)20(13-16-9-12-18(29-5-2)14-19(16)30-6-3)31-23(25)24-17-10-7-15(8-11-17)22(27)28/h7-14H,4-6H2,1-3H3,(H,27,28)/b20-13-,24-23?. The quantitative estimate of drug-likeness (QED) is 0.593. The first-order valence-electron chi connectivity index (χ1n) is 9.99. The summed E-state index contributed by atoms with van der Waals surface area (Å²) in [7, 11) is 0. The topological polar surface area (TPSA) is 88.4 Å². The van der Waals surface area contributed by atoms with E-state index >= 15 is 0 Å². The third-order valence-electron chi connectivity index (χ3n) is 4.43. The number of amidine groups is 1. The second-order valence-corrected chi connectivity index (χ2v) is 7.48. The molecule has 1 aliphatic rings. The summed E-state index contributed by atoms with van der Waals surface area (Å²) in [4.78, 5) is 30.6. The highest BCUT2D eigenvalue weighted by Gasteiger charge is 2.32. The first kappa shape index (κ1) is 22.4. The zero-order chi connectivity index (χ0) is 22.4. The van der Waals surface area contributed by atoms with Gasteiger partial charge in [0.15, 0.2) is 5.17 Å². The molecular weight excluding hydrogens is 416 g/mol. The van der Waals surface area contributed by atoms with Gasteiger partial charge in [0.2, 0.25) is 0 Å². The normalized spacial score (nSPS) is 16.2. The van der Waals surface area contributed by atoms with E-state index in [0.717, 1.165) is 5.56 Å².